The molecule has 3 heteroatoms. The van der Waals surface area contributed by atoms with Gasteiger partial charge in [-0.2, -0.15) is 0 Å². The van der Waals surface area contributed by atoms with Crippen LogP contribution >= 0.6 is 0 Å². The average Bonchev–Trinajstić information content (AvgIpc) is 1.96. The molecule has 0 aliphatic carbocycles. The molecule has 0 atom stereocenters. The zero-order valence-corrected chi connectivity index (χ0v) is 10.5. The third-order valence-electron chi connectivity index (χ3n) is 2.79. The topological polar surface area (TPSA) is 46.3 Å². The van der Waals surface area contributed by atoms with Gasteiger partial charge in [0.25, 0.3) is 0 Å². The standard InChI is InChI=1S/C12H24N2O/c1-5-6-12(13)8-14(9-12)10(15)7-11(2,3)4/h5-9,13H2,1-4H3. The van der Waals surface area contributed by atoms with Crippen molar-refractivity contribution >= 4 is 5.91 Å². The summed E-state index contributed by atoms with van der Waals surface area (Å²) < 4.78 is 0. The molecule has 0 spiro atoms. The molecule has 1 amide bonds. The summed E-state index contributed by atoms with van der Waals surface area (Å²) in [5.74, 6) is 0.250. The Bertz CT molecular complexity index is 236. The van der Waals surface area contributed by atoms with E-state index in [1.54, 1.807) is 0 Å². The molecule has 1 aliphatic heterocycles. The Labute approximate surface area is 93.0 Å². The molecule has 1 rings (SSSR count). The normalized spacial score (nSPS) is 19.9. The van der Waals surface area contributed by atoms with Crippen LogP contribution in [0.25, 0.3) is 0 Å². The number of hydrogen-bond acceptors (Lipinski definition) is 2. The molecule has 0 unspecified atom stereocenters. The maximum Gasteiger partial charge on any atom is 0.223 e. The molecule has 1 aliphatic rings. The summed E-state index contributed by atoms with van der Waals surface area (Å²) >= 11 is 0. The fraction of sp³-hybridized carbons (Fsp3) is 0.917. The first-order valence-corrected chi connectivity index (χ1v) is 5.82. The molecule has 0 saturated carbocycles. The molecule has 1 fully saturated rings. The van der Waals surface area contributed by atoms with Gasteiger partial charge in [-0.15, -0.1) is 0 Å². The van der Waals surface area contributed by atoms with Crippen LogP contribution in [0.15, 0.2) is 0 Å². The minimum Gasteiger partial charge on any atom is -0.339 e. The molecule has 2 N–H and O–H groups in total. The summed E-state index contributed by atoms with van der Waals surface area (Å²) in [5, 5.41) is 0. The van der Waals surface area contributed by atoms with Crippen molar-refractivity contribution < 1.29 is 4.79 Å². The number of nitrogens with two attached hydrogens (primary N) is 1. The third-order valence-corrected chi connectivity index (χ3v) is 2.79. The second-order valence-corrected chi connectivity index (χ2v) is 6.10. The van der Waals surface area contributed by atoms with E-state index in [2.05, 4.69) is 27.7 Å². The van der Waals surface area contributed by atoms with Gasteiger partial charge in [0.1, 0.15) is 0 Å². The zero-order valence-electron chi connectivity index (χ0n) is 10.5. The number of carbonyl (C=O) groups is 1. The molecule has 0 aromatic rings. The molecular weight excluding hydrogens is 188 g/mol. The van der Waals surface area contributed by atoms with Gasteiger partial charge in [0.15, 0.2) is 0 Å². The zero-order chi connectivity index (χ0) is 11.7. The van der Waals surface area contributed by atoms with E-state index in [9.17, 15) is 4.79 Å². The fourth-order valence-corrected chi connectivity index (χ4v) is 2.11. The lowest BCUT2D eigenvalue weighted by Crippen LogP contribution is -2.68. The summed E-state index contributed by atoms with van der Waals surface area (Å²) in [6.07, 6.45) is 2.74. The van der Waals surface area contributed by atoms with Gasteiger partial charge in [0.2, 0.25) is 5.91 Å². The molecule has 88 valence electrons. The van der Waals surface area contributed by atoms with E-state index in [1.165, 1.54) is 0 Å². The number of hydrogen-bond donors (Lipinski definition) is 1. The Kier molecular flexibility index (Phi) is 3.44. The van der Waals surface area contributed by atoms with Crippen LogP contribution in [-0.4, -0.2) is 29.4 Å². The predicted molar refractivity (Wildman–Crippen MR) is 62.5 cm³/mol. The van der Waals surface area contributed by atoms with Crippen molar-refractivity contribution in [3.63, 3.8) is 0 Å². The fourth-order valence-electron chi connectivity index (χ4n) is 2.11. The Morgan fingerprint density at radius 2 is 1.93 bits per heavy atom. The lowest BCUT2D eigenvalue weighted by molar-refractivity contribution is -0.140. The maximum absolute atomic E-state index is 11.8. The lowest BCUT2D eigenvalue weighted by Gasteiger charge is -2.48. The van der Waals surface area contributed by atoms with Crippen LogP contribution < -0.4 is 5.73 Å². The van der Waals surface area contributed by atoms with Crippen LogP contribution in [0, 0.1) is 5.41 Å². The average molecular weight is 212 g/mol. The second kappa shape index (κ2) is 4.12. The van der Waals surface area contributed by atoms with Crippen LogP contribution in [-0.2, 0) is 4.79 Å². The molecule has 3 nitrogen and oxygen atoms in total. The summed E-state index contributed by atoms with van der Waals surface area (Å²) in [6, 6.07) is 0. The number of rotatable bonds is 3. The van der Waals surface area contributed by atoms with Crippen molar-refractivity contribution in [2.75, 3.05) is 13.1 Å². The summed E-state index contributed by atoms with van der Waals surface area (Å²) in [5.41, 5.74) is 6.09. The molecular formula is C12H24N2O. The molecule has 0 bridgehead atoms. The molecule has 0 radical (unpaired) electrons. The number of likely N-dealkylation sites (tertiary alicyclic amines) is 1. The van der Waals surface area contributed by atoms with Gasteiger partial charge >= 0.3 is 0 Å². The maximum atomic E-state index is 11.8. The van der Waals surface area contributed by atoms with Gasteiger partial charge in [-0.25, -0.2) is 0 Å². The van der Waals surface area contributed by atoms with Gasteiger partial charge in [0, 0.05) is 19.5 Å². The first-order valence-electron chi connectivity index (χ1n) is 5.82. The SMILES string of the molecule is CCCC1(N)CN(C(=O)CC(C)(C)C)C1. The van der Waals surface area contributed by atoms with Crippen LogP contribution in [0.4, 0.5) is 0 Å². The Balaban J connectivity index is 2.35. The highest BCUT2D eigenvalue weighted by molar-refractivity contribution is 5.78. The van der Waals surface area contributed by atoms with Gasteiger partial charge in [-0.1, -0.05) is 34.1 Å². The van der Waals surface area contributed by atoms with Crippen LogP contribution in [0.2, 0.25) is 0 Å². The highest BCUT2D eigenvalue weighted by Crippen LogP contribution is 2.27. The quantitative estimate of drug-likeness (QED) is 0.775. The van der Waals surface area contributed by atoms with Crippen molar-refractivity contribution in [1.29, 1.82) is 0 Å². The van der Waals surface area contributed by atoms with Crippen molar-refractivity contribution in [3.8, 4) is 0 Å². The van der Waals surface area contributed by atoms with Crippen molar-refractivity contribution in [3.05, 3.63) is 0 Å². The first-order chi connectivity index (χ1) is 6.76. The Morgan fingerprint density at radius 3 is 2.33 bits per heavy atom. The van der Waals surface area contributed by atoms with E-state index in [1.807, 2.05) is 4.90 Å². The smallest absolute Gasteiger partial charge is 0.223 e. The lowest BCUT2D eigenvalue weighted by atomic mass is 9.84. The van der Waals surface area contributed by atoms with Crippen molar-refractivity contribution in [2.45, 2.75) is 52.5 Å². The Morgan fingerprint density at radius 1 is 1.40 bits per heavy atom. The second-order valence-electron chi connectivity index (χ2n) is 6.10. The number of nitrogens with zero attached hydrogens (tertiary/aromatic N) is 1. The van der Waals surface area contributed by atoms with Gasteiger partial charge in [-0.05, 0) is 11.8 Å². The minimum absolute atomic E-state index is 0.0781. The molecule has 0 aromatic heterocycles. The van der Waals surface area contributed by atoms with E-state index in [0.717, 1.165) is 25.9 Å². The van der Waals surface area contributed by atoms with Crippen molar-refractivity contribution in [2.24, 2.45) is 11.1 Å². The number of amides is 1. The first kappa shape index (κ1) is 12.5. The molecule has 1 heterocycles. The summed E-state index contributed by atoms with van der Waals surface area (Å²) in [7, 11) is 0. The van der Waals surface area contributed by atoms with E-state index in [4.69, 9.17) is 5.73 Å². The molecule has 1 saturated heterocycles. The highest BCUT2D eigenvalue weighted by atomic mass is 16.2. The summed E-state index contributed by atoms with van der Waals surface area (Å²) in [6.45, 7) is 9.89. The van der Waals surface area contributed by atoms with Crippen LogP contribution in [0.5, 0.6) is 0 Å². The van der Waals surface area contributed by atoms with Crippen LogP contribution in [0.1, 0.15) is 47.0 Å². The third kappa shape index (κ3) is 3.49. The van der Waals surface area contributed by atoms with E-state index < -0.39 is 0 Å². The largest absolute Gasteiger partial charge is 0.339 e. The monoisotopic (exact) mass is 212 g/mol. The predicted octanol–water partition coefficient (Wildman–Crippen LogP) is 1.76. The minimum atomic E-state index is -0.0949. The molecule has 0 aromatic carbocycles. The van der Waals surface area contributed by atoms with E-state index >= 15 is 0 Å². The summed E-state index contributed by atoms with van der Waals surface area (Å²) in [4.78, 5) is 13.7. The van der Waals surface area contributed by atoms with E-state index in [-0.39, 0.29) is 16.9 Å². The highest BCUT2D eigenvalue weighted by Gasteiger charge is 2.41. The van der Waals surface area contributed by atoms with Crippen molar-refractivity contribution in [1.82, 2.24) is 4.90 Å². The van der Waals surface area contributed by atoms with Gasteiger partial charge < -0.3 is 10.6 Å². The number of carbonyl (C=O) groups excluding carboxylic acids is 1. The van der Waals surface area contributed by atoms with Gasteiger partial charge in [-0.3, -0.25) is 4.79 Å². The van der Waals surface area contributed by atoms with Gasteiger partial charge in [0.05, 0.1) is 5.54 Å². The Hall–Kier alpha value is -0.570. The van der Waals surface area contributed by atoms with E-state index in [0.29, 0.717) is 6.42 Å². The molecule has 15 heavy (non-hydrogen) atoms. The van der Waals surface area contributed by atoms with Crippen LogP contribution in [0.3, 0.4) is 0 Å².